The number of methoxy groups -OCH3 is 1. The van der Waals surface area contributed by atoms with Crippen LogP contribution < -0.4 is 10.6 Å². The van der Waals surface area contributed by atoms with E-state index in [-0.39, 0.29) is 11.8 Å². The molecule has 0 heterocycles. The van der Waals surface area contributed by atoms with Gasteiger partial charge in [0.15, 0.2) is 0 Å². The third kappa shape index (κ3) is 4.42. The predicted octanol–water partition coefficient (Wildman–Crippen LogP) is 2.23. The Morgan fingerprint density at radius 3 is 2.29 bits per heavy atom. The number of anilines is 1. The molecule has 0 radical (unpaired) electrons. The lowest BCUT2D eigenvalue weighted by atomic mass is 10.2. The van der Waals surface area contributed by atoms with E-state index in [1.54, 1.807) is 55.5 Å². The Hall–Kier alpha value is -3.15. The fourth-order valence-corrected chi connectivity index (χ4v) is 2.03. The molecule has 0 aliphatic heterocycles. The normalized spacial score (nSPS) is 11.2. The molecule has 0 aliphatic carbocycles. The summed E-state index contributed by atoms with van der Waals surface area (Å²) in [6, 6.07) is 14.3. The second-order valence-electron chi connectivity index (χ2n) is 5.12. The fraction of sp³-hybridized carbons (Fsp3) is 0.167. The number of benzene rings is 2. The first-order valence-corrected chi connectivity index (χ1v) is 7.36. The molecule has 0 spiro atoms. The van der Waals surface area contributed by atoms with E-state index in [4.69, 9.17) is 0 Å². The average molecular weight is 326 g/mol. The first-order chi connectivity index (χ1) is 11.5. The molecule has 0 fully saturated rings. The summed E-state index contributed by atoms with van der Waals surface area (Å²) >= 11 is 0. The fourth-order valence-electron chi connectivity index (χ4n) is 2.03. The van der Waals surface area contributed by atoms with Crippen molar-refractivity contribution in [2.75, 3.05) is 12.4 Å². The summed E-state index contributed by atoms with van der Waals surface area (Å²) in [6.07, 6.45) is 0. The summed E-state index contributed by atoms with van der Waals surface area (Å²) in [5, 5.41) is 5.28. The van der Waals surface area contributed by atoms with Gasteiger partial charge in [-0.1, -0.05) is 24.3 Å². The monoisotopic (exact) mass is 326 g/mol. The van der Waals surface area contributed by atoms with E-state index in [0.29, 0.717) is 16.8 Å². The molecule has 1 unspecified atom stereocenters. The Kier molecular flexibility index (Phi) is 5.68. The minimum atomic E-state index is -0.737. The maximum atomic E-state index is 12.2. The molecule has 2 N–H and O–H groups in total. The number of esters is 1. The van der Waals surface area contributed by atoms with Crippen molar-refractivity contribution in [3.8, 4) is 0 Å². The van der Waals surface area contributed by atoms with Gasteiger partial charge in [0.2, 0.25) is 5.91 Å². The molecule has 124 valence electrons. The van der Waals surface area contributed by atoms with Crippen molar-refractivity contribution in [1.29, 1.82) is 0 Å². The minimum absolute atomic E-state index is 0.330. The Bertz CT molecular complexity index is 744. The Morgan fingerprint density at radius 2 is 1.62 bits per heavy atom. The second-order valence-corrected chi connectivity index (χ2v) is 5.12. The molecule has 24 heavy (non-hydrogen) atoms. The van der Waals surface area contributed by atoms with Crippen molar-refractivity contribution in [1.82, 2.24) is 5.32 Å². The van der Waals surface area contributed by atoms with Crippen molar-refractivity contribution >= 4 is 23.5 Å². The molecule has 2 amide bonds. The summed E-state index contributed by atoms with van der Waals surface area (Å²) < 4.78 is 4.64. The van der Waals surface area contributed by atoms with Crippen LogP contribution in [0.25, 0.3) is 0 Å². The maximum absolute atomic E-state index is 12.2. The van der Waals surface area contributed by atoms with E-state index in [0.717, 1.165) is 0 Å². The van der Waals surface area contributed by atoms with Crippen molar-refractivity contribution in [3.63, 3.8) is 0 Å². The molecule has 2 aromatic rings. The van der Waals surface area contributed by atoms with E-state index in [2.05, 4.69) is 15.4 Å². The van der Waals surface area contributed by atoms with Crippen molar-refractivity contribution < 1.29 is 19.1 Å². The van der Waals surface area contributed by atoms with E-state index in [1.807, 2.05) is 0 Å². The average Bonchev–Trinajstić information content (AvgIpc) is 2.61. The Labute approximate surface area is 139 Å². The van der Waals surface area contributed by atoms with Gasteiger partial charge in [-0.3, -0.25) is 9.59 Å². The van der Waals surface area contributed by atoms with Gasteiger partial charge in [-0.15, -0.1) is 0 Å². The standard InChI is InChI=1S/C18H18N2O4/c1-12(19-17(22)13-7-4-3-5-8-13)16(21)20-15-10-6-9-14(11-15)18(23)24-2/h3-12H,1-2H3,(H,19,22)(H,20,21). The molecule has 2 aromatic carbocycles. The van der Waals surface area contributed by atoms with Gasteiger partial charge in [0.05, 0.1) is 12.7 Å². The van der Waals surface area contributed by atoms with Gasteiger partial charge in [0, 0.05) is 11.3 Å². The largest absolute Gasteiger partial charge is 0.465 e. The van der Waals surface area contributed by atoms with Crippen molar-refractivity contribution in [2.45, 2.75) is 13.0 Å². The van der Waals surface area contributed by atoms with Crippen LogP contribution in [0.4, 0.5) is 5.69 Å². The summed E-state index contributed by atoms with van der Waals surface area (Å²) in [5.74, 6) is -1.21. The zero-order valence-corrected chi connectivity index (χ0v) is 13.4. The summed E-state index contributed by atoms with van der Waals surface area (Å²) in [5.41, 5.74) is 1.25. The summed E-state index contributed by atoms with van der Waals surface area (Å²) in [7, 11) is 1.29. The van der Waals surface area contributed by atoms with E-state index in [9.17, 15) is 14.4 Å². The zero-order chi connectivity index (χ0) is 17.5. The number of hydrogen-bond donors (Lipinski definition) is 2. The van der Waals surface area contributed by atoms with Gasteiger partial charge in [0.1, 0.15) is 6.04 Å². The van der Waals surface area contributed by atoms with Crippen LogP contribution in [0.15, 0.2) is 54.6 Å². The molecule has 6 nitrogen and oxygen atoms in total. The first kappa shape index (κ1) is 17.2. The molecule has 2 rings (SSSR count). The topological polar surface area (TPSA) is 84.5 Å². The highest BCUT2D eigenvalue weighted by Gasteiger charge is 2.17. The number of carbonyl (C=O) groups is 3. The van der Waals surface area contributed by atoms with Crippen LogP contribution in [0.2, 0.25) is 0 Å². The third-order valence-corrected chi connectivity index (χ3v) is 3.33. The Morgan fingerprint density at radius 1 is 0.958 bits per heavy atom. The van der Waals surface area contributed by atoms with E-state index < -0.39 is 12.0 Å². The number of rotatable bonds is 5. The maximum Gasteiger partial charge on any atom is 0.337 e. The lowest BCUT2D eigenvalue weighted by molar-refractivity contribution is -0.117. The van der Waals surface area contributed by atoms with Gasteiger partial charge >= 0.3 is 5.97 Å². The molecule has 0 saturated carbocycles. The number of hydrogen-bond acceptors (Lipinski definition) is 4. The van der Waals surface area contributed by atoms with Crippen molar-refractivity contribution in [3.05, 3.63) is 65.7 Å². The Balaban J connectivity index is 1.99. The highest BCUT2D eigenvalue weighted by molar-refractivity contribution is 6.01. The van der Waals surface area contributed by atoms with Crippen LogP contribution in [-0.2, 0) is 9.53 Å². The number of ether oxygens (including phenoxy) is 1. The number of amides is 2. The number of nitrogens with one attached hydrogen (secondary N) is 2. The lowest BCUT2D eigenvalue weighted by Gasteiger charge is -2.14. The third-order valence-electron chi connectivity index (χ3n) is 3.33. The molecule has 1 atom stereocenters. The highest BCUT2D eigenvalue weighted by atomic mass is 16.5. The van der Waals surface area contributed by atoms with Gasteiger partial charge in [-0.2, -0.15) is 0 Å². The molecule has 0 aliphatic rings. The summed E-state index contributed by atoms with van der Waals surface area (Å²) in [6.45, 7) is 1.58. The van der Waals surface area contributed by atoms with Crippen LogP contribution in [-0.4, -0.2) is 30.9 Å². The SMILES string of the molecule is COC(=O)c1cccc(NC(=O)C(C)NC(=O)c2ccccc2)c1. The lowest BCUT2D eigenvalue weighted by Crippen LogP contribution is -2.41. The first-order valence-electron chi connectivity index (χ1n) is 7.36. The van der Waals surface area contributed by atoms with Crippen LogP contribution in [0, 0.1) is 0 Å². The molecule has 0 bridgehead atoms. The molecular formula is C18H18N2O4. The zero-order valence-electron chi connectivity index (χ0n) is 13.4. The van der Waals surface area contributed by atoms with Gasteiger partial charge in [-0.05, 0) is 37.3 Å². The highest BCUT2D eigenvalue weighted by Crippen LogP contribution is 2.12. The minimum Gasteiger partial charge on any atom is -0.465 e. The van der Waals surface area contributed by atoms with Crippen LogP contribution in [0.5, 0.6) is 0 Å². The van der Waals surface area contributed by atoms with Gasteiger partial charge in [-0.25, -0.2) is 4.79 Å². The van der Waals surface area contributed by atoms with E-state index in [1.165, 1.54) is 13.2 Å². The molecule has 0 aromatic heterocycles. The van der Waals surface area contributed by atoms with Crippen LogP contribution in [0.3, 0.4) is 0 Å². The van der Waals surface area contributed by atoms with Gasteiger partial charge in [0.25, 0.3) is 5.91 Å². The summed E-state index contributed by atoms with van der Waals surface area (Å²) in [4.78, 5) is 35.7. The molecule has 0 saturated heterocycles. The predicted molar refractivity (Wildman–Crippen MR) is 89.8 cm³/mol. The van der Waals surface area contributed by atoms with E-state index >= 15 is 0 Å². The smallest absolute Gasteiger partial charge is 0.337 e. The van der Waals surface area contributed by atoms with Crippen LogP contribution in [0.1, 0.15) is 27.6 Å². The number of carbonyl (C=O) groups excluding carboxylic acids is 3. The second kappa shape index (κ2) is 7.92. The van der Waals surface area contributed by atoms with Gasteiger partial charge < -0.3 is 15.4 Å². The van der Waals surface area contributed by atoms with Crippen LogP contribution >= 0.6 is 0 Å². The molecule has 6 heteroatoms. The quantitative estimate of drug-likeness (QED) is 0.825. The molecular weight excluding hydrogens is 308 g/mol. The van der Waals surface area contributed by atoms with Crippen molar-refractivity contribution in [2.24, 2.45) is 0 Å².